The maximum absolute atomic E-state index is 11.7. The quantitative estimate of drug-likeness (QED) is 0.758. The van der Waals surface area contributed by atoms with Gasteiger partial charge >= 0.3 is 0 Å². The average Bonchev–Trinajstić information content (AvgIpc) is 3.10. The summed E-state index contributed by atoms with van der Waals surface area (Å²) in [5, 5.41) is 10.0. The molecule has 1 N–H and O–H groups in total. The molecule has 0 spiro atoms. The van der Waals surface area contributed by atoms with Crippen molar-refractivity contribution >= 4 is 28.6 Å². The van der Waals surface area contributed by atoms with E-state index in [4.69, 9.17) is 9.84 Å². The molecule has 0 atom stereocenters. The van der Waals surface area contributed by atoms with E-state index >= 15 is 0 Å². The molecule has 1 saturated carbocycles. The first kappa shape index (κ1) is 20.8. The fraction of sp³-hybridized carbons (Fsp3) is 0.522. The first-order chi connectivity index (χ1) is 14.3. The Bertz CT molecular complexity index is 1030. The van der Waals surface area contributed by atoms with Crippen LogP contribution < -0.4 is 14.9 Å². The standard InChI is InChI=1S/C23H30N4O2S/c1-5-24-22-27(26-17-9-7-16(8-10-17)23(2,3)4)19(14-30-22)15-6-11-20-18(12-15)25-21(28)13-29-20/h6,11-12,14,16H,5,7-10,13H2,1-4H3,(H,25,28). The van der Waals surface area contributed by atoms with E-state index in [-0.39, 0.29) is 12.5 Å². The van der Waals surface area contributed by atoms with Crippen molar-refractivity contribution in [3.8, 4) is 17.0 Å². The molecule has 0 saturated heterocycles. The van der Waals surface area contributed by atoms with Gasteiger partial charge < -0.3 is 10.1 Å². The molecule has 1 aliphatic heterocycles. The molecule has 2 aliphatic rings. The minimum absolute atomic E-state index is 0.0630. The zero-order chi connectivity index (χ0) is 21.3. The number of nitrogens with zero attached hydrogens (tertiary/aromatic N) is 3. The molecule has 1 aromatic heterocycles. The smallest absolute Gasteiger partial charge is 0.262 e. The second-order valence-corrected chi connectivity index (χ2v) is 9.88. The van der Waals surface area contributed by atoms with Crippen LogP contribution in [0, 0.1) is 11.3 Å². The van der Waals surface area contributed by atoms with E-state index in [2.05, 4.69) is 36.5 Å². The SMILES string of the molecule is CCN=c1scc(-c2ccc3c(c2)NC(=O)CO3)n1N=C1CCC(C(C)(C)C)CC1. The highest BCUT2D eigenvalue weighted by Gasteiger charge is 2.28. The van der Waals surface area contributed by atoms with Gasteiger partial charge in [0.05, 0.1) is 11.4 Å². The molecule has 30 heavy (non-hydrogen) atoms. The molecule has 2 heterocycles. The van der Waals surface area contributed by atoms with Gasteiger partial charge in [-0.3, -0.25) is 9.79 Å². The van der Waals surface area contributed by atoms with Crippen LogP contribution in [0.4, 0.5) is 5.69 Å². The van der Waals surface area contributed by atoms with Crippen LogP contribution in [-0.2, 0) is 4.79 Å². The number of carbonyl (C=O) groups is 1. The summed E-state index contributed by atoms with van der Waals surface area (Å²) in [5.41, 5.74) is 4.27. The van der Waals surface area contributed by atoms with Crippen molar-refractivity contribution in [3.63, 3.8) is 0 Å². The summed E-state index contributed by atoms with van der Waals surface area (Å²) in [5.74, 6) is 1.31. The summed E-state index contributed by atoms with van der Waals surface area (Å²) in [6.45, 7) is 9.82. The molecule has 7 heteroatoms. The lowest BCUT2D eigenvalue weighted by Crippen LogP contribution is -2.27. The van der Waals surface area contributed by atoms with Gasteiger partial charge in [0.25, 0.3) is 5.91 Å². The third-order valence-corrected chi connectivity index (χ3v) is 6.77. The molecule has 4 rings (SSSR count). The van der Waals surface area contributed by atoms with Crippen molar-refractivity contribution in [2.24, 2.45) is 21.4 Å². The van der Waals surface area contributed by atoms with E-state index in [1.165, 1.54) is 18.6 Å². The van der Waals surface area contributed by atoms with E-state index in [0.717, 1.165) is 34.8 Å². The van der Waals surface area contributed by atoms with E-state index in [1.807, 2.05) is 29.8 Å². The predicted octanol–water partition coefficient (Wildman–Crippen LogP) is 4.91. The average molecular weight is 427 g/mol. The van der Waals surface area contributed by atoms with Gasteiger partial charge in [0.1, 0.15) is 5.75 Å². The summed E-state index contributed by atoms with van der Waals surface area (Å²) in [4.78, 5) is 17.3. The number of thiazole rings is 1. The fourth-order valence-electron chi connectivity index (χ4n) is 4.14. The molecule has 1 fully saturated rings. The molecule has 0 radical (unpaired) electrons. The third-order valence-electron chi connectivity index (χ3n) is 5.92. The summed E-state index contributed by atoms with van der Waals surface area (Å²) < 4.78 is 7.48. The van der Waals surface area contributed by atoms with Gasteiger partial charge in [0.15, 0.2) is 6.61 Å². The van der Waals surface area contributed by atoms with Crippen LogP contribution in [-0.4, -0.2) is 29.4 Å². The first-order valence-corrected chi connectivity index (χ1v) is 11.6. The normalized spacial score (nSPS) is 19.9. The number of hydrogen-bond donors (Lipinski definition) is 1. The second-order valence-electron chi connectivity index (χ2n) is 9.04. The van der Waals surface area contributed by atoms with Crippen LogP contribution in [0.3, 0.4) is 0 Å². The summed E-state index contributed by atoms with van der Waals surface area (Å²) in [7, 11) is 0. The Morgan fingerprint density at radius 2 is 2.03 bits per heavy atom. The number of aromatic nitrogens is 1. The lowest BCUT2D eigenvalue weighted by molar-refractivity contribution is -0.118. The monoisotopic (exact) mass is 426 g/mol. The van der Waals surface area contributed by atoms with E-state index in [9.17, 15) is 4.79 Å². The highest BCUT2D eigenvalue weighted by atomic mass is 32.1. The number of hydrogen-bond acceptors (Lipinski definition) is 5. The Kier molecular flexibility index (Phi) is 5.82. The van der Waals surface area contributed by atoms with Gasteiger partial charge in [-0.25, -0.2) is 4.68 Å². The molecule has 0 bridgehead atoms. The lowest BCUT2D eigenvalue weighted by atomic mass is 9.72. The minimum atomic E-state index is -0.129. The van der Waals surface area contributed by atoms with Crippen LogP contribution in [0.2, 0.25) is 0 Å². The molecule has 2 aromatic rings. The summed E-state index contributed by atoms with van der Waals surface area (Å²) >= 11 is 1.60. The van der Waals surface area contributed by atoms with Gasteiger partial charge in [0, 0.05) is 23.2 Å². The Labute approximate surface area is 181 Å². The largest absolute Gasteiger partial charge is 0.482 e. The molecule has 6 nitrogen and oxygen atoms in total. The zero-order valence-electron chi connectivity index (χ0n) is 18.2. The Balaban J connectivity index is 1.68. The van der Waals surface area contributed by atoms with E-state index < -0.39 is 0 Å². The topological polar surface area (TPSA) is 68.0 Å². The number of ether oxygens (including phenoxy) is 1. The van der Waals surface area contributed by atoms with Gasteiger partial charge in [-0.15, -0.1) is 11.3 Å². The van der Waals surface area contributed by atoms with Crippen LogP contribution >= 0.6 is 11.3 Å². The number of nitrogens with one attached hydrogen (secondary N) is 1. The Morgan fingerprint density at radius 3 is 2.73 bits per heavy atom. The van der Waals surface area contributed by atoms with Gasteiger partial charge in [-0.05, 0) is 62.1 Å². The lowest BCUT2D eigenvalue weighted by Gasteiger charge is -2.34. The predicted molar refractivity (Wildman–Crippen MR) is 122 cm³/mol. The molecule has 160 valence electrons. The van der Waals surface area contributed by atoms with Crippen molar-refractivity contribution in [2.75, 3.05) is 18.5 Å². The minimum Gasteiger partial charge on any atom is -0.482 e. The number of benzene rings is 1. The van der Waals surface area contributed by atoms with Crippen LogP contribution in [0.15, 0.2) is 33.7 Å². The molecule has 1 aliphatic carbocycles. The van der Waals surface area contributed by atoms with Crippen molar-refractivity contribution in [2.45, 2.75) is 53.4 Å². The number of fused-ring (bicyclic) bond motifs is 1. The molecule has 1 amide bonds. The molecule has 1 aromatic carbocycles. The van der Waals surface area contributed by atoms with E-state index in [0.29, 0.717) is 23.4 Å². The third kappa shape index (κ3) is 4.36. The van der Waals surface area contributed by atoms with E-state index in [1.54, 1.807) is 11.3 Å². The highest BCUT2D eigenvalue weighted by Crippen LogP contribution is 2.37. The number of anilines is 1. The maximum Gasteiger partial charge on any atom is 0.262 e. The van der Waals surface area contributed by atoms with Crippen LogP contribution in [0.5, 0.6) is 5.75 Å². The van der Waals surface area contributed by atoms with Crippen molar-refractivity contribution < 1.29 is 9.53 Å². The van der Waals surface area contributed by atoms with Gasteiger partial charge in [-0.2, -0.15) is 5.10 Å². The maximum atomic E-state index is 11.7. The van der Waals surface area contributed by atoms with Gasteiger partial charge in [0.2, 0.25) is 4.80 Å². The Morgan fingerprint density at radius 1 is 1.27 bits per heavy atom. The zero-order valence-corrected chi connectivity index (χ0v) is 19.0. The van der Waals surface area contributed by atoms with Crippen LogP contribution in [0.1, 0.15) is 53.4 Å². The van der Waals surface area contributed by atoms with Crippen LogP contribution in [0.25, 0.3) is 11.3 Å². The van der Waals surface area contributed by atoms with Crippen molar-refractivity contribution in [1.29, 1.82) is 0 Å². The van der Waals surface area contributed by atoms with Gasteiger partial charge in [-0.1, -0.05) is 20.8 Å². The highest BCUT2D eigenvalue weighted by molar-refractivity contribution is 7.07. The summed E-state index contributed by atoms with van der Waals surface area (Å²) in [6.07, 6.45) is 4.43. The fourth-order valence-corrected chi connectivity index (χ4v) is 5.03. The van der Waals surface area contributed by atoms with Crippen molar-refractivity contribution in [1.82, 2.24) is 4.68 Å². The summed E-state index contributed by atoms with van der Waals surface area (Å²) in [6, 6.07) is 5.88. The van der Waals surface area contributed by atoms with Crippen molar-refractivity contribution in [3.05, 3.63) is 28.4 Å². The molecular weight excluding hydrogens is 396 g/mol. The second kappa shape index (κ2) is 8.38. The first-order valence-electron chi connectivity index (χ1n) is 10.7. The molecule has 0 unspecified atom stereocenters. The Hall–Kier alpha value is -2.41. The number of carbonyl (C=O) groups excluding carboxylic acids is 1. The number of amides is 1. The molecular formula is C23H30N4O2S. The number of rotatable bonds is 3.